The zero-order valence-corrected chi connectivity index (χ0v) is 22.6. The Morgan fingerprint density at radius 1 is 1.03 bits per heavy atom. The van der Waals surface area contributed by atoms with Crippen LogP contribution in [0.4, 0.5) is 0 Å². The maximum Gasteiger partial charge on any atom is 0.309 e. The van der Waals surface area contributed by atoms with E-state index >= 15 is 0 Å². The van der Waals surface area contributed by atoms with Gasteiger partial charge in [-0.2, -0.15) is 0 Å². The minimum Gasteiger partial charge on any atom is -0.462 e. The number of ketones is 1. The van der Waals surface area contributed by atoms with Crippen molar-refractivity contribution in [3.05, 3.63) is 35.9 Å². The minimum atomic E-state index is -2.22. The highest BCUT2D eigenvalue weighted by Gasteiger charge is 2.46. The predicted octanol–water partition coefficient (Wildman–Crippen LogP) is 5.78. The van der Waals surface area contributed by atoms with Crippen LogP contribution in [0.5, 0.6) is 0 Å². The normalized spacial score (nSPS) is 18.0. The molecule has 1 aromatic rings. The van der Waals surface area contributed by atoms with Gasteiger partial charge in [0.1, 0.15) is 18.2 Å². The number of carbonyl (C=O) groups is 3. The summed E-state index contributed by atoms with van der Waals surface area (Å²) in [6, 6.07) is 9.79. The Balaban J connectivity index is 2.06. The summed E-state index contributed by atoms with van der Waals surface area (Å²) in [5.74, 6) is -0.204. The van der Waals surface area contributed by atoms with Crippen molar-refractivity contribution in [1.82, 2.24) is 0 Å². The lowest BCUT2D eigenvalue weighted by Gasteiger charge is -2.44. The molecule has 3 atom stereocenters. The Bertz CT molecular complexity index is 762. The van der Waals surface area contributed by atoms with E-state index in [1.807, 2.05) is 30.3 Å². The van der Waals surface area contributed by atoms with Gasteiger partial charge in [0, 0.05) is 25.7 Å². The van der Waals surface area contributed by atoms with Crippen molar-refractivity contribution in [2.24, 2.45) is 0 Å². The third-order valence-corrected chi connectivity index (χ3v) is 13.1. The van der Waals surface area contributed by atoms with Crippen molar-refractivity contribution in [2.45, 2.75) is 115 Å². The van der Waals surface area contributed by atoms with Crippen molar-refractivity contribution >= 4 is 26.4 Å². The summed E-state index contributed by atoms with van der Waals surface area (Å²) < 4.78 is 18.0. The number of hydrogen-bond donors (Lipinski definition) is 0. The van der Waals surface area contributed by atoms with Gasteiger partial charge >= 0.3 is 5.97 Å². The number of cyclic esters (lactones) is 1. The molecule has 7 heteroatoms. The molecule has 1 heterocycles. The average Bonchev–Trinajstić information content (AvgIpc) is 2.74. The number of carbonyl (C=O) groups excluding carboxylic acids is 3. The maximum atomic E-state index is 13.1. The highest BCUT2D eigenvalue weighted by molar-refractivity contribution is 6.77. The number of rotatable bonds is 16. The molecular formula is C27H42O6Si. The molecule has 0 amide bonds. The van der Waals surface area contributed by atoms with Crippen LogP contribution in [0, 0.1) is 0 Å². The van der Waals surface area contributed by atoms with Gasteiger partial charge in [-0.3, -0.25) is 9.59 Å². The van der Waals surface area contributed by atoms with E-state index < -0.39 is 14.4 Å². The maximum absolute atomic E-state index is 13.1. The molecule has 0 aliphatic carbocycles. The smallest absolute Gasteiger partial charge is 0.309 e. The molecule has 0 saturated carbocycles. The lowest BCUT2D eigenvalue weighted by molar-refractivity contribution is -0.173. The first-order valence-corrected chi connectivity index (χ1v) is 14.7. The second kappa shape index (κ2) is 13.3. The van der Waals surface area contributed by atoms with Crippen LogP contribution in [-0.2, 0) is 34.9 Å². The van der Waals surface area contributed by atoms with Gasteiger partial charge in [-0.1, -0.05) is 71.9 Å². The summed E-state index contributed by atoms with van der Waals surface area (Å²) >= 11 is 0. The molecule has 1 aromatic carbocycles. The van der Waals surface area contributed by atoms with Crippen LogP contribution in [-0.4, -0.2) is 44.7 Å². The Kier molecular flexibility index (Phi) is 11.1. The van der Waals surface area contributed by atoms with Crippen LogP contribution in [0.1, 0.15) is 79.2 Å². The fraction of sp³-hybridized carbons (Fsp3) is 0.667. The van der Waals surface area contributed by atoms with E-state index in [0.29, 0.717) is 36.1 Å². The van der Waals surface area contributed by atoms with Gasteiger partial charge in [0.2, 0.25) is 8.32 Å². The minimum absolute atomic E-state index is 0.00901. The monoisotopic (exact) mass is 490 g/mol. The predicted molar refractivity (Wildman–Crippen MR) is 135 cm³/mol. The third kappa shape index (κ3) is 7.85. The van der Waals surface area contributed by atoms with Crippen LogP contribution < -0.4 is 0 Å². The summed E-state index contributed by atoms with van der Waals surface area (Å²) in [6.07, 6.45) is 1.34. The molecule has 190 valence electrons. The highest BCUT2D eigenvalue weighted by Crippen LogP contribution is 2.43. The summed E-state index contributed by atoms with van der Waals surface area (Å²) in [6.45, 7) is 13.5. The fourth-order valence-corrected chi connectivity index (χ4v) is 10.9. The molecule has 6 nitrogen and oxygen atoms in total. The molecule has 0 spiro atoms. The second-order valence-corrected chi connectivity index (χ2v) is 15.8. The van der Waals surface area contributed by atoms with Gasteiger partial charge in [-0.25, -0.2) is 0 Å². The van der Waals surface area contributed by atoms with Crippen molar-refractivity contribution in [1.29, 1.82) is 0 Å². The molecule has 34 heavy (non-hydrogen) atoms. The van der Waals surface area contributed by atoms with Crippen LogP contribution in [0.15, 0.2) is 30.3 Å². The van der Waals surface area contributed by atoms with Gasteiger partial charge < -0.3 is 18.7 Å². The van der Waals surface area contributed by atoms with E-state index in [1.54, 1.807) is 0 Å². The fourth-order valence-electron chi connectivity index (χ4n) is 5.35. The Morgan fingerprint density at radius 3 is 2.09 bits per heavy atom. The van der Waals surface area contributed by atoms with Crippen LogP contribution in [0.3, 0.4) is 0 Å². The van der Waals surface area contributed by atoms with Crippen molar-refractivity contribution in [3.8, 4) is 0 Å². The van der Waals surface area contributed by atoms with E-state index in [9.17, 15) is 14.4 Å². The molecule has 1 saturated heterocycles. The molecule has 0 radical (unpaired) electrons. The van der Waals surface area contributed by atoms with Gasteiger partial charge in [0.05, 0.1) is 25.2 Å². The number of ether oxygens (including phenoxy) is 2. The standard InChI is InChI=1S/C27H42O6Si/c1-19(2)34(20(3)4,21(5)6)33-24(12-13-28)14-23(29)15-25(16-26-17-27(30)32-26)31-18-22-10-8-7-9-11-22/h7-11,13,19-21,24-26H,12,14-18H2,1-6H3/t24-,25+,26+/m0/s1. The first kappa shape index (κ1) is 28.4. The SMILES string of the molecule is CC(C)[Si](O[C@@H](CC=O)CC(=O)C[C@H](C[C@@H]1CC(=O)O1)OCc1ccccc1)(C(C)C)C(C)C. The average molecular weight is 491 g/mol. The number of hydrogen-bond acceptors (Lipinski definition) is 6. The van der Waals surface area contributed by atoms with Crippen molar-refractivity contribution < 1.29 is 28.3 Å². The summed E-state index contributed by atoms with van der Waals surface area (Å²) in [4.78, 5) is 35.8. The molecule has 1 aliphatic heterocycles. The van der Waals surface area contributed by atoms with Crippen LogP contribution >= 0.6 is 0 Å². The van der Waals surface area contributed by atoms with E-state index in [-0.39, 0.29) is 43.2 Å². The first-order chi connectivity index (χ1) is 16.1. The third-order valence-electron chi connectivity index (χ3n) is 6.89. The van der Waals surface area contributed by atoms with Crippen molar-refractivity contribution in [3.63, 3.8) is 0 Å². The largest absolute Gasteiger partial charge is 0.462 e. The van der Waals surface area contributed by atoms with Gasteiger partial charge in [0.25, 0.3) is 0 Å². The zero-order valence-electron chi connectivity index (χ0n) is 21.6. The van der Waals surface area contributed by atoms with Gasteiger partial charge in [-0.05, 0) is 22.2 Å². The van der Waals surface area contributed by atoms with Gasteiger partial charge in [-0.15, -0.1) is 0 Å². The Morgan fingerprint density at radius 2 is 1.59 bits per heavy atom. The van der Waals surface area contributed by atoms with E-state index in [0.717, 1.165) is 11.8 Å². The molecule has 0 unspecified atom stereocenters. The number of esters is 1. The summed E-state index contributed by atoms with van der Waals surface area (Å²) in [5.41, 5.74) is 2.13. The molecule has 1 aliphatic rings. The molecule has 0 N–H and O–H groups in total. The molecule has 2 rings (SSSR count). The van der Waals surface area contributed by atoms with Crippen LogP contribution in [0.25, 0.3) is 0 Å². The topological polar surface area (TPSA) is 78.9 Å². The second-order valence-electron chi connectivity index (χ2n) is 10.4. The first-order valence-electron chi connectivity index (χ1n) is 12.6. The zero-order chi connectivity index (χ0) is 25.3. The number of benzene rings is 1. The van der Waals surface area contributed by atoms with E-state index in [2.05, 4.69) is 41.5 Å². The lowest BCUT2D eigenvalue weighted by atomic mass is 9.98. The van der Waals surface area contributed by atoms with Crippen molar-refractivity contribution in [2.75, 3.05) is 0 Å². The van der Waals surface area contributed by atoms with E-state index in [1.165, 1.54) is 0 Å². The highest BCUT2D eigenvalue weighted by atomic mass is 28.4. The number of aldehydes is 1. The summed E-state index contributed by atoms with van der Waals surface area (Å²) in [5, 5.41) is 0. The number of Topliss-reactive ketones (excluding diaryl/α,β-unsaturated/α-hetero) is 1. The lowest BCUT2D eigenvalue weighted by Crippen LogP contribution is -2.50. The van der Waals surface area contributed by atoms with E-state index in [4.69, 9.17) is 13.9 Å². The molecule has 0 bridgehead atoms. The summed E-state index contributed by atoms with van der Waals surface area (Å²) in [7, 11) is -2.22. The van der Waals surface area contributed by atoms with Crippen LogP contribution in [0.2, 0.25) is 16.6 Å². The molecular weight excluding hydrogens is 448 g/mol. The molecule has 0 aromatic heterocycles. The van der Waals surface area contributed by atoms with Gasteiger partial charge in [0.15, 0.2) is 0 Å². The Hall–Kier alpha value is -1.83. The Labute approximate surface area is 205 Å². The molecule has 1 fully saturated rings. The quantitative estimate of drug-likeness (QED) is 0.166.